The Morgan fingerprint density at radius 2 is 1.85 bits per heavy atom. The summed E-state index contributed by atoms with van der Waals surface area (Å²) < 4.78 is 27.2. The lowest BCUT2D eigenvalue weighted by molar-refractivity contribution is 0.102. The highest BCUT2D eigenvalue weighted by Gasteiger charge is 2.26. The summed E-state index contributed by atoms with van der Waals surface area (Å²) in [6, 6.07) is 11.6. The van der Waals surface area contributed by atoms with E-state index in [1.54, 1.807) is 30.3 Å². The Morgan fingerprint density at radius 3 is 2.56 bits per heavy atom. The number of nitrogens with zero attached hydrogens (tertiary/aromatic N) is 1. The van der Waals surface area contributed by atoms with Gasteiger partial charge in [0.15, 0.2) is 0 Å². The number of nitrogens with one attached hydrogen (secondary N) is 1. The van der Waals surface area contributed by atoms with E-state index in [9.17, 15) is 13.2 Å². The third-order valence-electron chi connectivity index (χ3n) is 4.46. The van der Waals surface area contributed by atoms with Crippen molar-refractivity contribution >= 4 is 45.0 Å². The largest absolute Gasteiger partial charge is 0.322 e. The van der Waals surface area contributed by atoms with Crippen LogP contribution in [-0.4, -0.2) is 38.0 Å². The highest BCUT2D eigenvalue weighted by Crippen LogP contribution is 2.26. The topological polar surface area (TPSA) is 66.5 Å². The molecule has 8 heteroatoms. The van der Waals surface area contributed by atoms with E-state index in [0.717, 1.165) is 24.2 Å². The van der Waals surface area contributed by atoms with E-state index >= 15 is 0 Å². The zero-order chi connectivity index (χ0) is 19.4. The maximum Gasteiger partial charge on any atom is 0.257 e. The van der Waals surface area contributed by atoms with Gasteiger partial charge in [-0.05, 0) is 55.5 Å². The summed E-state index contributed by atoms with van der Waals surface area (Å²) in [4.78, 5) is 13.7. The first-order valence-electron chi connectivity index (χ1n) is 8.67. The van der Waals surface area contributed by atoms with Crippen molar-refractivity contribution < 1.29 is 13.2 Å². The summed E-state index contributed by atoms with van der Waals surface area (Å²) in [5, 5.41) is 3.10. The Hall–Kier alpha value is -1.54. The van der Waals surface area contributed by atoms with Gasteiger partial charge in [-0.2, -0.15) is 4.31 Å². The van der Waals surface area contributed by atoms with Crippen molar-refractivity contribution in [2.24, 2.45) is 0 Å². The Kier molecular flexibility index (Phi) is 6.47. The Morgan fingerprint density at radius 1 is 1.11 bits per heavy atom. The Bertz CT molecular complexity index is 942. The second-order valence-corrected chi connectivity index (χ2v) is 9.52. The third-order valence-corrected chi connectivity index (χ3v) is 7.41. The maximum absolute atomic E-state index is 12.8. The van der Waals surface area contributed by atoms with Gasteiger partial charge in [0.2, 0.25) is 10.0 Å². The molecule has 1 aliphatic rings. The number of rotatable bonds is 5. The van der Waals surface area contributed by atoms with Crippen LogP contribution in [0.4, 0.5) is 5.69 Å². The molecule has 0 saturated carbocycles. The molecule has 3 rings (SSSR count). The number of hydrogen-bond donors (Lipinski definition) is 1. The molecule has 1 fully saturated rings. The van der Waals surface area contributed by atoms with E-state index in [2.05, 4.69) is 5.32 Å². The minimum atomic E-state index is -3.55. The van der Waals surface area contributed by atoms with E-state index in [1.165, 1.54) is 22.1 Å². The minimum absolute atomic E-state index is 0.186. The number of benzene rings is 2. The maximum atomic E-state index is 12.8. The van der Waals surface area contributed by atoms with E-state index in [0.29, 0.717) is 29.4 Å². The van der Waals surface area contributed by atoms with Gasteiger partial charge in [0.05, 0.1) is 15.5 Å². The fraction of sp³-hybridized carbons (Fsp3) is 0.316. The fourth-order valence-electron chi connectivity index (χ4n) is 2.99. The van der Waals surface area contributed by atoms with Gasteiger partial charge < -0.3 is 5.32 Å². The molecule has 0 bridgehead atoms. The van der Waals surface area contributed by atoms with Crippen LogP contribution in [0.25, 0.3) is 0 Å². The van der Waals surface area contributed by atoms with Crippen molar-refractivity contribution in [2.75, 3.05) is 24.7 Å². The van der Waals surface area contributed by atoms with Crippen molar-refractivity contribution in [3.8, 4) is 0 Å². The van der Waals surface area contributed by atoms with Crippen molar-refractivity contribution in [1.29, 1.82) is 0 Å². The van der Waals surface area contributed by atoms with Crippen LogP contribution < -0.4 is 5.32 Å². The van der Waals surface area contributed by atoms with Crippen LogP contribution in [0.5, 0.6) is 0 Å². The highest BCUT2D eigenvalue weighted by molar-refractivity contribution is 7.98. The number of amides is 1. The standard InChI is InChI=1S/C19H21ClN2O3S2/c1-26-15-8-9-18(20)17(13-15)19(23)21-14-6-5-7-16(12-14)27(24,25)22-10-3-2-4-11-22/h5-9,12-13H,2-4,10-11H2,1H3,(H,21,23). The first-order chi connectivity index (χ1) is 12.9. The smallest absolute Gasteiger partial charge is 0.257 e. The summed E-state index contributed by atoms with van der Waals surface area (Å²) in [6.07, 6.45) is 4.72. The molecule has 0 aliphatic carbocycles. The number of anilines is 1. The third kappa shape index (κ3) is 4.66. The molecular weight excluding hydrogens is 404 g/mol. The zero-order valence-corrected chi connectivity index (χ0v) is 17.3. The molecule has 5 nitrogen and oxygen atoms in total. The summed E-state index contributed by atoms with van der Waals surface area (Å²) in [7, 11) is -3.55. The lowest BCUT2D eigenvalue weighted by Gasteiger charge is -2.26. The average Bonchev–Trinajstić information content (AvgIpc) is 2.69. The van der Waals surface area contributed by atoms with Gasteiger partial charge in [-0.25, -0.2) is 8.42 Å². The van der Waals surface area contributed by atoms with E-state index in [1.807, 2.05) is 12.3 Å². The summed E-state index contributed by atoms with van der Waals surface area (Å²) in [5.41, 5.74) is 0.775. The lowest BCUT2D eigenvalue weighted by atomic mass is 10.2. The molecular formula is C19H21ClN2O3S2. The van der Waals surface area contributed by atoms with Crippen molar-refractivity contribution in [3.05, 3.63) is 53.1 Å². The van der Waals surface area contributed by atoms with Gasteiger partial charge in [0.1, 0.15) is 0 Å². The monoisotopic (exact) mass is 424 g/mol. The van der Waals surface area contributed by atoms with Crippen LogP contribution in [0.1, 0.15) is 29.6 Å². The number of carbonyl (C=O) groups is 1. The zero-order valence-electron chi connectivity index (χ0n) is 14.9. The molecule has 2 aromatic rings. The van der Waals surface area contributed by atoms with Gasteiger partial charge >= 0.3 is 0 Å². The van der Waals surface area contributed by atoms with Crippen LogP contribution in [0.15, 0.2) is 52.3 Å². The van der Waals surface area contributed by atoms with Crippen LogP contribution in [-0.2, 0) is 10.0 Å². The fourth-order valence-corrected chi connectivity index (χ4v) is 5.20. The quantitative estimate of drug-likeness (QED) is 0.718. The number of sulfonamides is 1. The van der Waals surface area contributed by atoms with Crippen LogP contribution >= 0.6 is 23.4 Å². The molecule has 2 aromatic carbocycles. The Balaban J connectivity index is 1.83. The first kappa shape index (κ1) is 20.2. The summed E-state index contributed by atoms with van der Waals surface area (Å²) in [6.45, 7) is 1.08. The molecule has 1 heterocycles. The van der Waals surface area contributed by atoms with Crippen LogP contribution in [0.2, 0.25) is 5.02 Å². The van der Waals surface area contributed by atoms with Crippen LogP contribution in [0, 0.1) is 0 Å². The average molecular weight is 425 g/mol. The van der Waals surface area contributed by atoms with Gasteiger partial charge in [0, 0.05) is 23.7 Å². The predicted molar refractivity (Wildman–Crippen MR) is 110 cm³/mol. The molecule has 0 radical (unpaired) electrons. The van der Waals surface area contributed by atoms with Gasteiger partial charge in [0.25, 0.3) is 5.91 Å². The second-order valence-electron chi connectivity index (χ2n) is 6.29. The normalized spacial score (nSPS) is 15.5. The van der Waals surface area contributed by atoms with Crippen LogP contribution in [0.3, 0.4) is 0 Å². The predicted octanol–water partition coefficient (Wildman–Crippen LogP) is 4.49. The number of carbonyl (C=O) groups excluding carboxylic acids is 1. The highest BCUT2D eigenvalue weighted by atomic mass is 35.5. The molecule has 27 heavy (non-hydrogen) atoms. The Labute approximate surface area is 169 Å². The molecule has 144 valence electrons. The lowest BCUT2D eigenvalue weighted by Crippen LogP contribution is -2.35. The number of hydrogen-bond acceptors (Lipinski definition) is 4. The van der Waals surface area contributed by atoms with E-state index < -0.39 is 10.0 Å². The van der Waals surface area contributed by atoms with E-state index in [-0.39, 0.29) is 10.8 Å². The minimum Gasteiger partial charge on any atom is -0.322 e. The van der Waals surface area contributed by atoms with Gasteiger partial charge in [-0.1, -0.05) is 24.1 Å². The molecule has 1 aliphatic heterocycles. The number of halogens is 1. The molecule has 1 amide bonds. The summed E-state index contributed by atoms with van der Waals surface area (Å²) in [5.74, 6) is -0.372. The number of thioether (sulfide) groups is 1. The van der Waals surface area contributed by atoms with Crippen molar-refractivity contribution in [3.63, 3.8) is 0 Å². The summed E-state index contributed by atoms with van der Waals surface area (Å²) >= 11 is 7.66. The van der Waals surface area contributed by atoms with E-state index in [4.69, 9.17) is 11.6 Å². The number of piperidine rings is 1. The van der Waals surface area contributed by atoms with Crippen molar-refractivity contribution in [1.82, 2.24) is 4.31 Å². The molecule has 1 N–H and O–H groups in total. The molecule has 0 spiro atoms. The molecule has 1 saturated heterocycles. The SMILES string of the molecule is CSc1ccc(Cl)c(C(=O)Nc2cccc(S(=O)(=O)N3CCCCC3)c2)c1. The van der Waals surface area contributed by atoms with Crippen molar-refractivity contribution in [2.45, 2.75) is 29.1 Å². The molecule has 0 atom stereocenters. The second kappa shape index (κ2) is 8.65. The molecule has 0 unspecified atom stereocenters. The molecule has 0 aromatic heterocycles. The first-order valence-corrected chi connectivity index (χ1v) is 11.7. The van der Waals surface area contributed by atoms with Gasteiger partial charge in [-0.3, -0.25) is 4.79 Å². The van der Waals surface area contributed by atoms with Gasteiger partial charge in [-0.15, -0.1) is 11.8 Å².